The number of carboxylic acids is 1. The summed E-state index contributed by atoms with van der Waals surface area (Å²) in [5, 5.41) is 9.07. The quantitative estimate of drug-likeness (QED) is 0.866. The molecule has 0 radical (unpaired) electrons. The van der Waals surface area contributed by atoms with Gasteiger partial charge in [-0.15, -0.1) is 0 Å². The lowest BCUT2D eigenvalue weighted by Gasteiger charge is -2.10. The molecule has 0 spiro atoms. The first kappa shape index (κ1) is 13.8. The lowest BCUT2D eigenvalue weighted by Crippen LogP contribution is -2.08. The topological polar surface area (TPSA) is 63.6 Å². The standard InChI is InChI=1S/C16H14O4/c1-2-20-16(19)13-9-8-12(15(17)18)10-14(13)11-6-4-3-5-7-11/h3-10H,2H2,1H3,(H,17,18). The SMILES string of the molecule is CCOC(=O)c1ccc(C(=O)O)cc1-c1ccccc1. The summed E-state index contributed by atoms with van der Waals surface area (Å²) in [6, 6.07) is 13.5. The van der Waals surface area contributed by atoms with Crippen molar-refractivity contribution < 1.29 is 19.4 Å². The molecule has 4 heteroatoms. The third-order valence-electron chi connectivity index (χ3n) is 2.85. The molecule has 2 aromatic carbocycles. The molecule has 0 heterocycles. The third-order valence-corrected chi connectivity index (χ3v) is 2.85. The molecule has 0 aliphatic rings. The van der Waals surface area contributed by atoms with Crippen molar-refractivity contribution >= 4 is 11.9 Å². The summed E-state index contributed by atoms with van der Waals surface area (Å²) in [5.41, 5.74) is 1.84. The smallest absolute Gasteiger partial charge is 0.338 e. The normalized spacial score (nSPS) is 10.1. The highest BCUT2D eigenvalue weighted by Crippen LogP contribution is 2.25. The molecular formula is C16H14O4. The van der Waals surface area contributed by atoms with Gasteiger partial charge >= 0.3 is 11.9 Å². The predicted molar refractivity (Wildman–Crippen MR) is 74.8 cm³/mol. The minimum absolute atomic E-state index is 0.136. The third kappa shape index (κ3) is 2.85. The number of ether oxygens (including phenoxy) is 1. The number of carbonyl (C=O) groups is 2. The Hall–Kier alpha value is -2.62. The highest BCUT2D eigenvalue weighted by molar-refractivity contribution is 6.00. The number of carboxylic acid groups (broad SMARTS) is 1. The first-order valence-corrected chi connectivity index (χ1v) is 6.23. The number of benzene rings is 2. The maximum Gasteiger partial charge on any atom is 0.338 e. The number of aromatic carboxylic acids is 1. The van der Waals surface area contributed by atoms with E-state index in [-0.39, 0.29) is 12.2 Å². The van der Waals surface area contributed by atoms with Crippen LogP contribution in [-0.2, 0) is 4.74 Å². The second-order valence-corrected chi connectivity index (χ2v) is 4.15. The zero-order valence-corrected chi connectivity index (χ0v) is 11.0. The molecule has 20 heavy (non-hydrogen) atoms. The Labute approximate surface area is 116 Å². The summed E-state index contributed by atoms with van der Waals surface area (Å²) in [5.74, 6) is -1.49. The van der Waals surface area contributed by atoms with Gasteiger partial charge in [-0.25, -0.2) is 9.59 Å². The minimum Gasteiger partial charge on any atom is -0.478 e. The number of hydrogen-bond donors (Lipinski definition) is 1. The van der Waals surface area contributed by atoms with Crippen molar-refractivity contribution in [2.24, 2.45) is 0 Å². The highest BCUT2D eigenvalue weighted by Gasteiger charge is 2.16. The van der Waals surface area contributed by atoms with Crippen LogP contribution in [0.4, 0.5) is 0 Å². The van der Waals surface area contributed by atoms with Crippen molar-refractivity contribution in [2.75, 3.05) is 6.61 Å². The van der Waals surface area contributed by atoms with Crippen molar-refractivity contribution in [2.45, 2.75) is 6.92 Å². The molecule has 0 saturated heterocycles. The minimum atomic E-state index is -1.03. The molecule has 0 saturated carbocycles. The van der Waals surface area contributed by atoms with E-state index in [4.69, 9.17) is 9.84 Å². The van der Waals surface area contributed by atoms with Crippen LogP contribution in [0.5, 0.6) is 0 Å². The molecule has 0 amide bonds. The second kappa shape index (κ2) is 6.02. The number of esters is 1. The van der Waals surface area contributed by atoms with E-state index in [9.17, 15) is 9.59 Å². The molecular weight excluding hydrogens is 256 g/mol. The molecule has 2 rings (SSSR count). The second-order valence-electron chi connectivity index (χ2n) is 4.15. The van der Waals surface area contributed by atoms with Gasteiger partial charge in [-0.1, -0.05) is 30.3 Å². The van der Waals surface area contributed by atoms with Crippen molar-refractivity contribution in [1.82, 2.24) is 0 Å². The fourth-order valence-electron chi connectivity index (χ4n) is 1.92. The van der Waals surface area contributed by atoms with Gasteiger partial charge in [0.15, 0.2) is 0 Å². The Kier molecular flexibility index (Phi) is 4.15. The van der Waals surface area contributed by atoms with Gasteiger partial charge in [0.2, 0.25) is 0 Å². The fourth-order valence-corrected chi connectivity index (χ4v) is 1.92. The molecule has 0 aliphatic heterocycles. The molecule has 2 aromatic rings. The Bertz CT molecular complexity index is 632. The average Bonchev–Trinajstić information content (AvgIpc) is 2.47. The van der Waals surface area contributed by atoms with Crippen molar-refractivity contribution in [3.63, 3.8) is 0 Å². The molecule has 0 aromatic heterocycles. The summed E-state index contributed by atoms with van der Waals surface area (Å²) in [6.07, 6.45) is 0. The average molecular weight is 270 g/mol. The van der Waals surface area contributed by atoms with Crippen molar-refractivity contribution in [3.05, 3.63) is 59.7 Å². The lowest BCUT2D eigenvalue weighted by atomic mass is 9.97. The van der Waals surface area contributed by atoms with Crippen LogP contribution in [0.3, 0.4) is 0 Å². The summed E-state index contributed by atoms with van der Waals surface area (Å²) in [7, 11) is 0. The molecule has 0 bridgehead atoms. The van der Waals surface area contributed by atoms with E-state index in [1.54, 1.807) is 6.92 Å². The van der Waals surface area contributed by atoms with E-state index in [2.05, 4.69) is 0 Å². The van der Waals surface area contributed by atoms with E-state index < -0.39 is 11.9 Å². The van der Waals surface area contributed by atoms with Crippen LogP contribution < -0.4 is 0 Å². The molecule has 0 aliphatic carbocycles. The zero-order chi connectivity index (χ0) is 14.5. The Morgan fingerprint density at radius 3 is 2.40 bits per heavy atom. The van der Waals surface area contributed by atoms with Gasteiger partial charge in [0.1, 0.15) is 0 Å². The summed E-state index contributed by atoms with van der Waals surface area (Å²) < 4.78 is 5.00. The van der Waals surface area contributed by atoms with Gasteiger partial charge < -0.3 is 9.84 Å². The van der Waals surface area contributed by atoms with Crippen molar-refractivity contribution in [3.8, 4) is 11.1 Å². The Morgan fingerprint density at radius 2 is 1.80 bits per heavy atom. The van der Waals surface area contributed by atoms with E-state index >= 15 is 0 Å². The Balaban J connectivity index is 2.57. The summed E-state index contributed by atoms with van der Waals surface area (Å²) in [4.78, 5) is 23.0. The van der Waals surface area contributed by atoms with E-state index in [1.165, 1.54) is 18.2 Å². The van der Waals surface area contributed by atoms with Gasteiger partial charge in [-0.05, 0) is 36.2 Å². The first-order chi connectivity index (χ1) is 9.63. The molecule has 0 atom stereocenters. The molecule has 1 N–H and O–H groups in total. The van der Waals surface area contributed by atoms with Crippen LogP contribution >= 0.6 is 0 Å². The molecule has 0 fully saturated rings. The van der Waals surface area contributed by atoms with Crippen LogP contribution in [0.1, 0.15) is 27.6 Å². The molecule has 4 nitrogen and oxygen atoms in total. The van der Waals surface area contributed by atoms with Crippen LogP contribution in [0.15, 0.2) is 48.5 Å². The van der Waals surface area contributed by atoms with Crippen LogP contribution in [0.25, 0.3) is 11.1 Å². The monoisotopic (exact) mass is 270 g/mol. The van der Waals surface area contributed by atoms with Crippen LogP contribution in [-0.4, -0.2) is 23.7 Å². The largest absolute Gasteiger partial charge is 0.478 e. The van der Waals surface area contributed by atoms with Gasteiger partial charge in [-0.3, -0.25) is 0 Å². The lowest BCUT2D eigenvalue weighted by molar-refractivity contribution is 0.0526. The number of hydrogen-bond acceptors (Lipinski definition) is 3. The van der Waals surface area contributed by atoms with Gasteiger partial charge in [0, 0.05) is 0 Å². The summed E-state index contributed by atoms with van der Waals surface area (Å²) >= 11 is 0. The van der Waals surface area contributed by atoms with Gasteiger partial charge in [-0.2, -0.15) is 0 Å². The van der Waals surface area contributed by atoms with Crippen LogP contribution in [0.2, 0.25) is 0 Å². The molecule has 102 valence electrons. The summed E-state index contributed by atoms with van der Waals surface area (Å²) in [6.45, 7) is 2.00. The van der Waals surface area contributed by atoms with Crippen LogP contribution in [0, 0.1) is 0 Å². The first-order valence-electron chi connectivity index (χ1n) is 6.23. The van der Waals surface area contributed by atoms with Gasteiger partial charge in [0.25, 0.3) is 0 Å². The fraction of sp³-hybridized carbons (Fsp3) is 0.125. The number of carbonyl (C=O) groups excluding carboxylic acids is 1. The molecule has 0 unspecified atom stereocenters. The highest BCUT2D eigenvalue weighted by atomic mass is 16.5. The predicted octanol–water partition coefficient (Wildman–Crippen LogP) is 3.23. The zero-order valence-electron chi connectivity index (χ0n) is 11.0. The van der Waals surface area contributed by atoms with E-state index in [1.807, 2.05) is 30.3 Å². The van der Waals surface area contributed by atoms with Gasteiger partial charge in [0.05, 0.1) is 17.7 Å². The van der Waals surface area contributed by atoms with E-state index in [0.717, 1.165) is 5.56 Å². The number of rotatable bonds is 4. The van der Waals surface area contributed by atoms with Crippen molar-refractivity contribution in [1.29, 1.82) is 0 Å². The van der Waals surface area contributed by atoms with E-state index in [0.29, 0.717) is 11.1 Å². The Morgan fingerprint density at radius 1 is 1.10 bits per heavy atom. The maximum absolute atomic E-state index is 12.0. The maximum atomic E-state index is 12.0.